The van der Waals surface area contributed by atoms with Gasteiger partial charge in [-0.1, -0.05) is 18.2 Å². The standard InChI is InChI=1S/C16H20N4/c1-19-12-13(15-5-3-4-6-16(15)19)11-17-9-7-14-8-10-18-20(14)2/h3-6,8,10,12,17H,7,9,11H2,1-2H3. The van der Waals surface area contributed by atoms with Gasteiger partial charge in [0.2, 0.25) is 0 Å². The van der Waals surface area contributed by atoms with Crippen molar-refractivity contribution in [2.45, 2.75) is 13.0 Å². The molecule has 0 spiro atoms. The topological polar surface area (TPSA) is 34.8 Å². The highest BCUT2D eigenvalue weighted by Gasteiger charge is 2.05. The molecular weight excluding hydrogens is 248 g/mol. The zero-order chi connectivity index (χ0) is 13.9. The Balaban J connectivity index is 1.62. The number of fused-ring (bicyclic) bond motifs is 1. The van der Waals surface area contributed by atoms with Crippen LogP contribution < -0.4 is 5.32 Å². The SMILES string of the molecule is Cn1nccc1CCNCc1cn(C)c2ccccc12. The Bertz CT molecular complexity index is 708. The molecule has 4 heteroatoms. The second-order valence-electron chi connectivity index (χ2n) is 5.16. The lowest BCUT2D eigenvalue weighted by Crippen LogP contribution is -2.17. The van der Waals surface area contributed by atoms with Crippen molar-refractivity contribution >= 4 is 10.9 Å². The summed E-state index contributed by atoms with van der Waals surface area (Å²) in [5.41, 5.74) is 3.90. The van der Waals surface area contributed by atoms with Crippen LogP contribution in [0.1, 0.15) is 11.3 Å². The molecule has 0 aliphatic heterocycles. The fourth-order valence-corrected chi connectivity index (χ4v) is 2.65. The molecule has 0 amide bonds. The lowest BCUT2D eigenvalue weighted by atomic mass is 10.2. The first kappa shape index (κ1) is 12.9. The van der Waals surface area contributed by atoms with Crippen LogP contribution in [0.5, 0.6) is 0 Å². The van der Waals surface area contributed by atoms with Gasteiger partial charge < -0.3 is 9.88 Å². The molecule has 3 aromatic rings. The van der Waals surface area contributed by atoms with Gasteiger partial charge in [0.05, 0.1) is 0 Å². The van der Waals surface area contributed by atoms with E-state index in [-0.39, 0.29) is 0 Å². The van der Waals surface area contributed by atoms with Gasteiger partial charge in [-0.25, -0.2) is 0 Å². The first-order valence-electron chi connectivity index (χ1n) is 6.96. The van der Waals surface area contributed by atoms with Gasteiger partial charge in [0.15, 0.2) is 0 Å². The number of nitrogens with one attached hydrogen (secondary N) is 1. The number of nitrogens with zero attached hydrogens (tertiary/aromatic N) is 3. The highest BCUT2D eigenvalue weighted by Crippen LogP contribution is 2.19. The summed E-state index contributed by atoms with van der Waals surface area (Å²) >= 11 is 0. The molecule has 0 aliphatic carbocycles. The van der Waals surface area contributed by atoms with E-state index in [2.05, 4.69) is 58.6 Å². The molecule has 0 radical (unpaired) electrons. The Hall–Kier alpha value is -2.07. The van der Waals surface area contributed by atoms with Gasteiger partial charge in [-0.3, -0.25) is 4.68 Å². The van der Waals surface area contributed by atoms with Crippen LogP contribution in [0.3, 0.4) is 0 Å². The van der Waals surface area contributed by atoms with Crippen molar-refractivity contribution < 1.29 is 0 Å². The Morgan fingerprint density at radius 2 is 2.00 bits per heavy atom. The van der Waals surface area contributed by atoms with E-state index in [1.165, 1.54) is 22.2 Å². The van der Waals surface area contributed by atoms with Crippen LogP contribution in [0.25, 0.3) is 10.9 Å². The molecule has 4 nitrogen and oxygen atoms in total. The van der Waals surface area contributed by atoms with Crippen molar-refractivity contribution in [2.75, 3.05) is 6.54 Å². The fourth-order valence-electron chi connectivity index (χ4n) is 2.65. The van der Waals surface area contributed by atoms with Gasteiger partial charge >= 0.3 is 0 Å². The van der Waals surface area contributed by atoms with E-state index in [4.69, 9.17) is 0 Å². The quantitative estimate of drug-likeness (QED) is 0.720. The molecule has 20 heavy (non-hydrogen) atoms. The van der Waals surface area contributed by atoms with E-state index < -0.39 is 0 Å². The first-order valence-corrected chi connectivity index (χ1v) is 6.96. The van der Waals surface area contributed by atoms with Crippen LogP contribution in [0.2, 0.25) is 0 Å². The molecule has 3 rings (SSSR count). The molecule has 2 heterocycles. The molecule has 0 bridgehead atoms. The van der Waals surface area contributed by atoms with Crippen molar-refractivity contribution in [3.8, 4) is 0 Å². The predicted molar refractivity (Wildman–Crippen MR) is 81.5 cm³/mol. The average Bonchev–Trinajstić information content (AvgIpc) is 3.00. The highest BCUT2D eigenvalue weighted by atomic mass is 15.3. The molecule has 0 unspecified atom stereocenters. The summed E-state index contributed by atoms with van der Waals surface area (Å²) in [5, 5.41) is 9.04. The zero-order valence-corrected chi connectivity index (χ0v) is 12.0. The molecule has 1 N–H and O–H groups in total. The number of hydrogen-bond donors (Lipinski definition) is 1. The van der Waals surface area contributed by atoms with E-state index in [0.717, 1.165) is 19.5 Å². The van der Waals surface area contributed by atoms with Gasteiger partial charge in [0.1, 0.15) is 0 Å². The molecule has 104 valence electrons. The fraction of sp³-hybridized carbons (Fsp3) is 0.312. The van der Waals surface area contributed by atoms with Crippen molar-refractivity contribution in [3.63, 3.8) is 0 Å². The Morgan fingerprint density at radius 1 is 1.15 bits per heavy atom. The summed E-state index contributed by atoms with van der Waals surface area (Å²) in [6.07, 6.45) is 5.06. The van der Waals surface area contributed by atoms with Crippen molar-refractivity contribution in [2.24, 2.45) is 14.1 Å². The largest absolute Gasteiger partial charge is 0.350 e. The van der Waals surface area contributed by atoms with Crippen LogP contribution in [-0.4, -0.2) is 20.9 Å². The van der Waals surface area contributed by atoms with Crippen molar-refractivity contribution in [1.82, 2.24) is 19.7 Å². The van der Waals surface area contributed by atoms with Crippen molar-refractivity contribution in [3.05, 3.63) is 54.0 Å². The Morgan fingerprint density at radius 3 is 2.80 bits per heavy atom. The Kier molecular flexibility index (Phi) is 3.56. The lowest BCUT2D eigenvalue weighted by molar-refractivity contribution is 0.644. The zero-order valence-electron chi connectivity index (χ0n) is 12.0. The molecule has 0 fully saturated rings. The van der Waals surface area contributed by atoms with Crippen molar-refractivity contribution in [1.29, 1.82) is 0 Å². The summed E-state index contributed by atoms with van der Waals surface area (Å²) in [5.74, 6) is 0. The minimum Gasteiger partial charge on any atom is -0.350 e. The first-order chi connectivity index (χ1) is 9.75. The molecule has 1 aromatic carbocycles. The molecule has 0 aliphatic rings. The van der Waals surface area contributed by atoms with Gasteiger partial charge in [0.25, 0.3) is 0 Å². The number of hydrogen-bond acceptors (Lipinski definition) is 2. The summed E-state index contributed by atoms with van der Waals surface area (Å²) in [7, 11) is 4.08. The van der Waals surface area contributed by atoms with Gasteiger partial charge in [-0.05, 0) is 17.7 Å². The van der Waals surface area contributed by atoms with E-state index >= 15 is 0 Å². The van der Waals surface area contributed by atoms with Crippen LogP contribution >= 0.6 is 0 Å². The maximum absolute atomic E-state index is 4.18. The molecule has 0 saturated carbocycles. The minimum absolute atomic E-state index is 0.902. The summed E-state index contributed by atoms with van der Waals surface area (Å²) < 4.78 is 4.12. The second kappa shape index (κ2) is 5.51. The lowest BCUT2D eigenvalue weighted by Gasteiger charge is -2.04. The van der Waals surface area contributed by atoms with E-state index in [1.54, 1.807) is 0 Å². The van der Waals surface area contributed by atoms with Crippen LogP contribution in [0.15, 0.2) is 42.7 Å². The molecule has 0 saturated heterocycles. The highest BCUT2D eigenvalue weighted by molar-refractivity contribution is 5.83. The third-order valence-corrected chi connectivity index (χ3v) is 3.78. The third kappa shape index (κ3) is 2.47. The second-order valence-corrected chi connectivity index (χ2v) is 5.16. The monoisotopic (exact) mass is 268 g/mol. The van der Waals surface area contributed by atoms with E-state index in [0.29, 0.717) is 0 Å². The number of benzene rings is 1. The summed E-state index contributed by atoms with van der Waals surface area (Å²) in [4.78, 5) is 0. The van der Waals surface area contributed by atoms with Gasteiger partial charge in [0, 0.05) is 62.6 Å². The van der Waals surface area contributed by atoms with Crippen LogP contribution in [0, 0.1) is 0 Å². The van der Waals surface area contributed by atoms with Crippen LogP contribution in [-0.2, 0) is 27.1 Å². The summed E-state index contributed by atoms with van der Waals surface area (Å²) in [6.45, 7) is 1.86. The number of aromatic nitrogens is 3. The average molecular weight is 268 g/mol. The number of para-hydroxylation sites is 1. The maximum atomic E-state index is 4.18. The molecule has 0 atom stereocenters. The number of aryl methyl sites for hydroxylation is 2. The smallest absolute Gasteiger partial charge is 0.0492 e. The molecule has 2 aromatic heterocycles. The van der Waals surface area contributed by atoms with Gasteiger partial charge in [-0.2, -0.15) is 5.10 Å². The normalized spacial score (nSPS) is 11.3. The molecular formula is C16H20N4. The predicted octanol–water partition coefficient (Wildman–Crippen LogP) is 2.24. The third-order valence-electron chi connectivity index (χ3n) is 3.78. The van der Waals surface area contributed by atoms with Crippen LogP contribution in [0.4, 0.5) is 0 Å². The Labute approximate surface area is 119 Å². The maximum Gasteiger partial charge on any atom is 0.0492 e. The number of rotatable bonds is 5. The minimum atomic E-state index is 0.902. The van der Waals surface area contributed by atoms with E-state index in [1.807, 2.05) is 17.9 Å². The van der Waals surface area contributed by atoms with Gasteiger partial charge in [-0.15, -0.1) is 0 Å². The summed E-state index contributed by atoms with van der Waals surface area (Å²) in [6, 6.07) is 10.6. The van der Waals surface area contributed by atoms with E-state index in [9.17, 15) is 0 Å².